The van der Waals surface area contributed by atoms with Gasteiger partial charge in [0.15, 0.2) is 0 Å². The van der Waals surface area contributed by atoms with E-state index in [9.17, 15) is 0 Å². The van der Waals surface area contributed by atoms with E-state index in [0.717, 1.165) is 25.1 Å². The van der Waals surface area contributed by atoms with Gasteiger partial charge in [0, 0.05) is 18.8 Å². The zero-order chi connectivity index (χ0) is 10.4. The highest BCUT2D eigenvalue weighted by atomic mass is 16.5. The minimum Gasteiger partial charge on any atom is -0.375 e. The third kappa shape index (κ3) is 3.14. The van der Waals surface area contributed by atoms with Crippen molar-refractivity contribution >= 4 is 0 Å². The second-order valence-electron chi connectivity index (χ2n) is 3.60. The molecular weight excluding hydrogens is 176 g/mol. The summed E-state index contributed by atoms with van der Waals surface area (Å²) in [5, 5.41) is 4.44. The van der Waals surface area contributed by atoms with Gasteiger partial charge >= 0.3 is 0 Å². The van der Waals surface area contributed by atoms with Crippen LogP contribution in [-0.4, -0.2) is 16.4 Å². The van der Waals surface area contributed by atoms with E-state index >= 15 is 0 Å². The lowest BCUT2D eigenvalue weighted by atomic mass is 10.3. The lowest BCUT2D eigenvalue weighted by Gasteiger charge is -2.08. The summed E-state index contributed by atoms with van der Waals surface area (Å²) in [6.45, 7) is 7.90. The van der Waals surface area contributed by atoms with Crippen LogP contribution in [-0.2, 0) is 11.3 Å². The van der Waals surface area contributed by atoms with Crippen molar-refractivity contribution in [1.29, 1.82) is 0 Å². The fraction of sp³-hybridized carbons (Fsp3) is 0.727. The molecule has 0 aliphatic rings. The Bertz CT molecular complexity index is 258. The van der Waals surface area contributed by atoms with Crippen LogP contribution in [0.15, 0.2) is 12.3 Å². The molecule has 1 aromatic rings. The van der Waals surface area contributed by atoms with Gasteiger partial charge in [-0.05, 0) is 25.8 Å². The summed E-state index contributed by atoms with van der Waals surface area (Å²) in [7, 11) is 0. The SMILES string of the molecule is CCCOCc1ccn([C@@H](C)CC)n1. The molecule has 0 spiro atoms. The molecule has 0 fully saturated rings. The first-order valence-electron chi connectivity index (χ1n) is 5.39. The van der Waals surface area contributed by atoms with Crippen LogP contribution in [0.25, 0.3) is 0 Å². The van der Waals surface area contributed by atoms with Crippen molar-refractivity contribution < 1.29 is 4.74 Å². The zero-order valence-electron chi connectivity index (χ0n) is 9.36. The predicted octanol–water partition coefficient (Wildman–Crippen LogP) is 2.78. The number of hydrogen-bond donors (Lipinski definition) is 0. The molecule has 0 N–H and O–H groups in total. The van der Waals surface area contributed by atoms with Crippen molar-refractivity contribution in [3.8, 4) is 0 Å². The Kier molecular flexibility index (Phi) is 4.66. The first-order chi connectivity index (χ1) is 6.77. The number of nitrogens with zero attached hydrogens (tertiary/aromatic N) is 2. The van der Waals surface area contributed by atoms with Gasteiger partial charge in [-0.25, -0.2) is 0 Å². The van der Waals surface area contributed by atoms with Gasteiger partial charge in [-0.3, -0.25) is 4.68 Å². The summed E-state index contributed by atoms with van der Waals surface area (Å²) in [5.74, 6) is 0. The third-order valence-electron chi connectivity index (χ3n) is 2.30. The van der Waals surface area contributed by atoms with Crippen LogP contribution in [0.3, 0.4) is 0 Å². The second kappa shape index (κ2) is 5.81. The van der Waals surface area contributed by atoms with E-state index in [2.05, 4.69) is 25.9 Å². The largest absolute Gasteiger partial charge is 0.375 e. The van der Waals surface area contributed by atoms with Gasteiger partial charge in [0.1, 0.15) is 0 Å². The monoisotopic (exact) mass is 196 g/mol. The number of ether oxygens (including phenoxy) is 1. The van der Waals surface area contributed by atoms with Crippen LogP contribution in [0.2, 0.25) is 0 Å². The highest BCUT2D eigenvalue weighted by Crippen LogP contribution is 2.09. The molecule has 3 nitrogen and oxygen atoms in total. The van der Waals surface area contributed by atoms with Gasteiger partial charge in [0.2, 0.25) is 0 Å². The minimum absolute atomic E-state index is 0.481. The second-order valence-corrected chi connectivity index (χ2v) is 3.60. The smallest absolute Gasteiger partial charge is 0.0906 e. The summed E-state index contributed by atoms with van der Waals surface area (Å²) in [6.07, 6.45) is 4.20. The van der Waals surface area contributed by atoms with Crippen molar-refractivity contribution in [3.05, 3.63) is 18.0 Å². The van der Waals surface area contributed by atoms with Crippen molar-refractivity contribution in [1.82, 2.24) is 9.78 Å². The van der Waals surface area contributed by atoms with Crippen molar-refractivity contribution in [2.45, 2.75) is 46.3 Å². The minimum atomic E-state index is 0.481. The van der Waals surface area contributed by atoms with Gasteiger partial charge in [-0.2, -0.15) is 5.10 Å². The van der Waals surface area contributed by atoms with E-state index < -0.39 is 0 Å². The molecule has 1 atom stereocenters. The van der Waals surface area contributed by atoms with E-state index in [4.69, 9.17) is 4.74 Å². The van der Waals surface area contributed by atoms with Gasteiger partial charge in [-0.1, -0.05) is 13.8 Å². The molecule has 14 heavy (non-hydrogen) atoms. The van der Waals surface area contributed by atoms with E-state index in [1.54, 1.807) is 0 Å². The normalized spacial score (nSPS) is 13.1. The van der Waals surface area contributed by atoms with Crippen LogP contribution < -0.4 is 0 Å². The molecule has 0 unspecified atom stereocenters. The Labute approximate surface area is 86.1 Å². The van der Waals surface area contributed by atoms with Crippen LogP contribution in [0.4, 0.5) is 0 Å². The number of aromatic nitrogens is 2. The van der Waals surface area contributed by atoms with Gasteiger partial charge in [0.25, 0.3) is 0 Å². The van der Waals surface area contributed by atoms with E-state index in [1.807, 2.05) is 16.9 Å². The third-order valence-corrected chi connectivity index (χ3v) is 2.30. The Morgan fingerprint density at radius 3 is 2.93 bits per heavy atom. The summed E-state index contributed by atoms with van der Waals surface area (Å²) < 4.78 is 7.42. The molecule has 1 heterocycles. The van der Waals surface area contributed by atoms with Crippen LogP contribution >= 0.6 is 0 Å². The van der Waals surface area contributed by atoms with Gasteiger partial charge < -0.3 is 4.74 Å². The summed E-state index contributed by atoms with van der Waals surface area (Å²) >= 11 is 0. The number of hydrogen-bond acceptors (Lipinski definition) is 2. The molecule has 80 valence electrons. The molecule has 3 heteroatoms. The maximum atomic E-state index is 5.42. The van der Waals surface area contributed by atoms with Crippen LogP contribution in [0, 0.1) is 0 Å². The van der Waals surface area contributed by atoms with Crippen molar-refractivity contribution in [2.75, 3.05) is 6.61 Å². The average molecular weight is 196 g/mol. The van der Waals surface area contributed by atoms with Crippen molar-refractivity contribution in [3.63, 3.8) is 0 Å². The van der Waals surface area contributed by atoms with Crippen LogP contribution in [0.5, 0.6) is 0 Å². The summed E-state index contributed by atoms with van der Waals surface area (Å²) in [5.41, 5.74) is 1.03. The standard InChI is InChI=1S/C11H20N2O/c1-4-8-14-9-11-6-7-13(12-11)10(3)5-2/h6-7,10H,4-5,8-9H2,1-3H3/t10-/m0/s1. The highest BCUT2D eigenvalue weighted by Gasteiger charge is 2.03. The fourth-order valence-corrected chi connectivity index (χ4v) is 1.21. The molecule has 0 amide bonds. The van der Waals surface area contributed by atoms with E-state index in [0.29, 0.717) is 12.6 Å². The lowest BCUT2D eigenvalue weighted by molar-refractivity contribution is 0.118. The van der Waals surface area contributed by atoms with Crippen LogP contribution in [0.1, 0.15) is 45.3 Å². The molecule has 0 bridgehead atoms. The Morgan fingerprint density at radius 1 is 1.50 bits per heavy atom. The molecular formula is C11H20N2O. The summed E-state index contributed by atoms with van der Waals surface area (Å²) in [6, 6.07) is 2.51. The highest BCUT2D eigenvalue weighted by molar-refractivity contribution is 4.97. The molecule has 0 aromatic carbocycles. The Hall–Kier alpha value is -0.830. The van der Waals surface area contributed by atoms with Crippen molar-refractivity contribution in [2.24, 2.45) is 0 Å². The molecule has 1 aromatic heterocycles. The first-order valence-corrected chi connectivity index (χ1v) is 5.39. The average Bonchev–Trinajstić information content (AvgIpc) is 2.66. The quantitative estimate of drug-likeness (QED) is 0.654. The Morgan fingerprint density at radius 2 is 2.29 bits per heavy atom. The number of rotatable bonds is 6. The van der Waals surface area contributed by atoms with Gasteiger partial charge in [-0.15, -0.1) is 0 Å². The lowest BCUT2D eigenvalue weighted by Crippen LogP contribution is -2.05. The molecule has 0 saturated carbocycles. The zero-order valence-corrected chi connectivity index (χ0v) is 9.36. The topological polar surface area (TPSA) is 27.1 Å². The van der Waals surface area contributed by atoms with Gasteiger partial charge in [0.05, 0.1) is 12.3 Å². The molecule has 0 saturated heterocycles. The first kappa shape index (κ1) is 11.2. The molecule has 1 rings (SSSR count). The maximum absolute atomic E-state index is 5.42. The fourth-order valence-electron chi connectivity index (χ4n) is 1.21. The molecule has 0 aliphatic carbocycles. The van der Waals surface area contributed by atoms with E-state index in [1.165, 1.54) is 0 Å². The Balaban J connectivity index is 2.42. The maximum Gasteiger partial charge on any atom is 0.0906 e. The predicted molar refractivity (Wildman–Crippen MR) is 57.2 cm³/mol. The molecule has 0 aliphatic heterocycles. The molecule has 0 radical (unpaired) electrons. The summed E-state index contributed by atoms with van der Waals surface area (Å²) in [4.78, 5) is 0. The van der Waals surface area contributed by atoms with E-state index in [-0.39, 0.29) is 0 Å².